The summed E-state index contributed by atoms with van der Waals surface area (Å²) in [6.07, 6.45) is 1.73. The van der Waals surface area contributed by atoms with Crippen molar-refractivity contribution in [3.05, 3.63) is 42.1 Å². The van der Waals surface area contributed by atoms with E-state index in [9.17, 15) is 8.42 Å². The molecule has 2 aromatic heterocycles. The zero-order chi connectivity index (χ0) is 16.6. The van der Waals surface area contributed by atoms with E-state index in [0.717, 1.165) is 30.8 Å². The molecular formula is C15H16N4O2S2. The molecule has 0 fully saturated rings. The lowest BCUT2D eigenvalue weighted by Gasteiger charge is -2.15. The van der Waals surface area contributed by atoms with Gasteiger partial charge >= 0.3 is 10.2 Å². The van der Waals surface area contributed by atoms with Gasteiger partial charge < -0.3 is 0 Å². The molecule has 0 spiro atoms. The van der Waals surface area contributed by atoms with Crippen molar-refractivity contribution >= 4 is 37.6 Å². The molecule has 120 valence electrons. The number of nitrogens with zero attached hydrogens (tertiary/aromatic N) is 3. The zero-order valence-corrected chi connectivity index (χ0v) is 14.6. The van der Waals surface area contributed by atoms with E-state index in [-0.39, 0.29) is 0 Å². The molecule has 0 aliphatic carbocycles. The first-order valence-electron chi connectivity index (χ1n) is 6.90. The number of aromatic nitrogens is 2. The van der Waals surface area contributed by atoms with E-state index in [1.807, 2.05) is 31.2 Å². The first-order valence-corrected chi connectivity index (χ1v) is 9.15. The monoisotopic (exact) mass is 348 g/mol. The summed E-state index contributed by atoms with van der Waals surface area (Å²) in [7, 11) is -0.570. The maximum atomic E-state index is 12.0. The van der Waals surface area contributed by atoms with Gasteiger partial charge in [-0.05, 0) is 30.7 Å². The third kappa shape index (κ3) is 3.19. The third-order valence-electron chi connectivity index (χ3n) is 3.37. The Bertz CT molecular complexity index is 932. The van der Waals surface area contributed by atoms with Crippen molar-refractivity contribution in [3.63, 3.8) is 0 Å². The third-order valence-corrected chi connectivity index (χ3v) is 5.84. The molecule has 3 rings (SSSR count). The molecule has 0 atom stereocenters. The molecule has 1 aromatic carbocycles. The summed E-state index contributed by atoms with van der Waals surface area (Å²) < 4.78 is 27.8. The predicted molar refractivity (Wildman–Crippen MR) is 93.8 cm³/mol. The summed E-state index contributed by atoms with van der Waals surface area (Å²) in [4.78, 5) is 9.70. The summed E-state index contributed by atoms with van der Waals surface area (Å²) in [6.45, 7) is 1.86. The van der Waals surface area contributed by atoms with E-state index in [0.29, 0.717) is 5.69 Å². The van der Waals surface area contributed by atoms with Crippen molar-refractivity contribution in [2.45, 2.75) is 6.92 Å². The largest absolute Gasteiger partial charge is 0.301 e. The predicted octanol–water partition coefficient (Wildman–Crippen LogP) is 2.89. The van der Waals surface area contributed by atoms with Crippen LogP contribution in [0.1, 0.15) is 5.56 Å². The minimum absolute atomic E-state index is 0.545. The van der Waals surface area contributed by atoms with E-state index >= 15 is 0 Å². The second kappa shape index (κ2) is 5.88. The van der Waals surface area contributed by atoms with Crippen molar-refractivity contribution in [2.75, 3.05) is 18.8 Å². The molecule has 0 unspecified atom stereocenters. The van der Waals surface area contributed by atoms with Crippen LogP contribution in [0.25, 0.3) is 20.9 Å². The average Bonchev–Trinajstić information content (AvgIpc) is 2.93. The molecule has 1 N–H and O–H groups in total. The molecule has 0 bridgehead atoms. The Morgan fingerprint density at radius 2 is 2.00 bits per heavy atom. The summed E-state index contributed by atoms with van der Waals surface area (Å²) in [5.74, 6) is 0. The Kier molecular flexibility index (Phi) is 4.05. The van der Waals surface area contributed by atoms with Gasteiger partial charge in [0.1, 0.15) is 15.4 Å². The van der Waals surface area contributed by atoms with E-state index in [4.69, 9.17) is 0 Å². The highest BCUT2D eigenvalue weighted by Gasteiger charge is 2.15. The summed E-state index contributed by atoms with van der Waals surface area (Å²) in [6, 6.07) is 9.36. The minimum atomic E-state index is -3.54. The number of hydrogen-bond donors (Lipinski definition) is 1. The Hall–Kier alpha value is -2.03. The van der Waals surface area contributed by atoms with Gasteiger partial charge in [-0.15, -0.1) is 0 Å². The van der Waals surface area contributed by atoms with Gasteiger partial charge in [-0.25, -0.2) is 9.97 Å². The van der Waals surface area contributed by atoms with Crippen LogP contribution in [0.2, 0.25) is 0 Å². The summed E-state index contributed by atoms with van der Waals surface area (Å²) >= 11 is 1.48. The van der Waals surface area contributed by atoms with E-state index in [1.54, 1.807) is 12.3 Å². The van der Waals surface area contributed by atoms with Gasteiger partial charge in [-0.2, -0.15) is 12.7 Å². The van der Waals surface area contributed by atoms with Crippen molar-refractivity contribution in [1.82, 2.24) is 14.3 Å². The Labute approximate surface area is 139 Å². The van der Waals surface area contributed by atoms with Gasteiger partial charge in [-0.3, -0.25) is 4.72 Å². The number of thiazole rings is 1. The first kappa shape index (κ1) is 15.9. The maximum absolute atomic E-state index is 12.0. The van der Waals surface area contributed by atoms with Crippen LogP contribution in [0.4, 0.5) is 5.69 Å². The molecule has 0 amide bonds. The number of fused-ring (bicyclic) bond motifs is 1. The molecular weight excluding hydrogens is 332 g/mol. The highest BCUT2D eigenvalue weighted by Crippen LogP contribution is 2.31. The van der Waals surface area contributed by atoms with Gasteiger partial charge in [-0.1, -0.05) is 23.5 Å². The van der Waals surface area contributed by atoms with Crippen LogP contribution in [0.3, 0.4) is 0 Å². The number of aryl methyl sites for hydroxylation is 1. The lowest BCUT2D eigenvalue weighted by molar-refractivity contribution is 0.527. The normalized spacial score (nSPS) is 12.0. The van der Waals surface area contributed by atoms with E-state index in [1.165, 1.54) is 25.4 Å². The van der Waals surface area contributed by atoms with Crippen LogP contribution in [-0.4, -0.2) is 36.8 Å². The van der Waals surface area contributed by atoms with Gasteiger partial charge in [0.15, 0.2) is 0 Å². The maximum Gasteiger partial charge on any atom is 0.301 e. The van der Waals surface area contributed by atoms with Crippen LogP contribution in [0.5, 0.6) is 0 Å². The molecule has 0 aliphatic rings. The number of anilines is 1. The minimum Gasteiger partial charge on any atom is -0.271 e. The quantitative estimate of drug-likeness (QED) is 0.787. The van der Waals surface area contributed by atoms with Crippen LogP contribution in [0, 0.1) is 6.92 Å². The Morgan fingerprint density at radius 1 is 1.22 bits per heavy atom. The molecule has 3 aromatic rings. The van der Waals surface area contributed by atoms with Crippen LogP contribution in [0.15, 0.2) is 36.5 Å². The van der Waals surface area contributed by atoms with E-state index in [2.05, 4.69) is 14.7 Å². The fourth-order valence-electron chi connectivity index (χ4n) is 1.99. The lowest BCUT2D eigenvalue weighted by Crippen LogP contribution is -2.29. The van der Waals surface area contributed by atoms with Crippen molar-refractivity contribution < 1.29 is 8.42 Å². The molecule has 6 nitrogen and oxygen atoms in total. The fraction of sp³-hybridized carbons (Fsp3) is 0.200. The van der Waals surface area contributed by atoms with Crippen molar-refractivity contribution in [3.8, 4) is 10.6 Å². The van der Waals surface area contributed by atoms with Crippen LogP contribution < -0.4 is 4.72 Å². The molecule has 8 heteroatoms. The second-order valence-electron chi connectivity index (χ2n) is 5.27. The van der Waals surface area contributed by atoms with Gasteiger partial charge in [0, 0.05) is 25.9 Å². The van der Waals surface area contributed by atoms with Gasteiger partial charge in [0.25, 0.3) is 0 Å². The number of pyridine rings is 1. The Morgan fingerprint density at radius 3 is 2.70 bits per heavy atom. The summed E-state index contributed by atoms with van der Waals surface area (Å²) in [5, 5.41) is 0.809. The lowest BCUT2D eigenvalue weighted by atomic mass is 10.1. The smallest absolute Gasteiger partial charge is 0.271 e. The van der Waals surface area contributed by atoms with Gasteiger partial charge in [0.05, 0.1) is 5.69 Å². The molecule has 0 radical (unpaired) electrons. The van der Waals surface area contributed by atoms with Crippen LogP contribution in [-0.2, 0) is 10.2 Å². The van der Waals surface area contributed by atoms with E-state index < -0.39 is 10.2 Å². The molecule has 0 saturated heterocycles. The number of rotatable bonds is 4. The SMILES string of the molecule is Cc1ccc(-c2nc3cccnc3s2)cc1NS(=O)(=O)N(C)C. The second-order valence-corrected chi connectivity index (χ2v) is 8.13. The molecule has 0 saturated carbocycles. The standard InChI is InChI=1S/C15H16N4O2S2/c1-10-6-7-11(9-13(10)18-23(20,21)19(2)3)14-17-12-5-4-8-16-15(12)22-14/h4-9,18H,1-3H3. The summed E-state index contributed by atoms with van der Waals surface area (Å²) in [5.41, 5.74) is 3.08. The Balaban J connectivity index is 2.03. The van der Waals surface area contributed by atoms with Crippen molar-refractivity contribution in [1.29, 1.82) is 0 Å². The highest BCUT2D eigenvalue weighted by atomic mass is 32.2. The fourth-order valence-corrected chi connectivity index (χ4v) is 3.57. The van der Waals surface area contributed by atoms with Gasteiger partial charge in [0.2, 0.25) is 0 Å². The topological polar surface area (TPSA) is 75.2 Å². The molecule has 2 heterocycles. The zero-order valence-electron chi connectivity index (χ0n) is 12.9. The molecule has 23 heavy (non-hydrogen) atoms. The van der Waals surface area contributed by atoms with Crippen LogP contribution >= 0.6 is 11.3 Å². The van der Waals surface area contributed by atoms with Crippen molar-refractivity contribution in [2.24, 2.45) is 0 Å². The number of nitrogens with one attached hydrogen (secondary N) is 1. The molecule has 0 aliphatic heterocycles. The number of hydrogen-bond acceptors (Lipinski definition) is 5. The number of benzene rings is 1. The highest BCUT2D eigenvalue weighted by molar-refractivity contribution is 7.90. The average molecular weight is 348 g/mol. The first-order chi connectivity index (χ1) is 10.9.